The molecule has 0 saturated carbocycles. The number of rotatable bonds is 3. The minimum Gasteiger partial charge on any atom is -0.457 e. The van der Waals surface area contributed by atoms with Crippen LogP contribution in [0.25, 0.3) is 0 Å². The van der Waals surface area contributed by atoms with Crippen LogP contribution in [0.2, 0.25) is 5.02 Å². The van der Waals surface area contributed by atoms with E-state index < -0.39 is 0 Å². The first-order valence-corrected chi connectivity index (χ1v) is 6.22. The zero-order chi connectivity index (χ0) is 13.1. The van der Waals surface area contributed by atoms with Gasteiger partial charge in [-0.05, 0) is 43.2 Å². The van der Waals surface area contributed by atoms with Gasteiger partial charge in [0, 0.05) is 17.1 Å². The van der Waals surface area contributed by atoms with Crippen molar-refractivity contribution >= 4 is 11.6 Å². The number of aryl methyl sites for hydroxylation is 2. The van der Waals surface area contributed by atoms with E-state index >= 15 is 0 Å². The summed E-state index contributed by atoms with van der Waals surface area (Å²) in [6.45, 7) is 4.40. The molecule has 2 aromatic rings. The Hall–Kier alpha value is -1.51. The van der Waals surface area contributed by atoms with Gasteiger partial charge in [-0.1, -0.05) is 29.8 Å². The zero-order valence-electron chi connectivity index (χ0n) is 10.5. The Balaban J connectivity index is 2.34. The number of hydrogen-bond acceptors (Lipinski definition) is 2. The SMILES string of the molecule is Cc1cc(Oc2ccccc2CN)cc(C)c1Cl. The lowest BCUT2D eigenvalue weighted by Gasteiger charge is -2.12. The van der Waals surface area contributed by atoms with E-state index in [1.165, 1.54) is 0 Å². The summed E-state index contributed by atoms with van der Waals surface area (Å²) in [5.41, 5.74) is 8.70. The average Bonchev–Trinajstić information content (AvgIpc) is 2.36. The number of halogens is 1. The molecule has 0 heterocycles. The molecule has 0 aliphatic rings. The molecule has 2 N–H and O–H groups in total. The van der Waals surface area contributed by atoms with Crippen molar-refractivity contribution in [3.8, 4) is 11.5 Å². The van der Waals surface area contributed by atoms with Crippen molar-refractivity contribution in [2.45, 2.75) is 20.4 Å². The molecule has 94 valence electrons. The maximum atomic E-state index is 6.14. The Morgan fingerprint density at radius 2 is 1.72 bits per heavy atom. The van der Waals surface area contributed by atoms with Crippen LogP contribution in [0.3, 0.4) is 0 Å². The lowest BCUT2D eigenvalue weighted by atomic mass is 10.1. The topological polar surface area (TPSA) is 35.2 Å². The fourth-order valence-corrected chi connectivity index (χ4v) is 1.97. The second kappa shape index (κ2) is 5.42. The predicted octanol–water partition coefficient (Wildman–Crippen LogP) is 4.21. The van der Waals surface area contributed by atoms with Crippen molar-refractivity contribution in [2.75, 3.05) is 0 Å². The van der Waals surface area contributed by atoms with E-state index in [1.807, 2.05) is 50.2 Å². The third kappa shape index (κ3) is 2.66. The van der Waals surface area contributed by atoms with Gasteiger partial charge < -0.3 is 10.5 Å². The lowest BCUT2D eigenvalue weighted by Crippen LogP contribution is -1.99. The lowest BCUT2D eigenvalue weighted by molar-refractivity contribution is 0.475. The van der Waals surface area contributed by atoms with Gasteiger partial charge in [0.05, 0.1) is 0 Å². The van der Waals surface area contributed by atoms with Crippen molar-refractivity contribution in [1.29, 1.82) is 0 Å². The van der Waals surface area contributed by atoms with E-state index in [0.717, 1.165) is 33.2 Å². The zero-order valence-corrected chi connectivity index (χ0v) is 11.3. The molecule has 0 bridgehead atoms. The smallest absolute Gasteiger partial charge is 0.131 e. The normalized spacial score (nSPS) is 10.4. The van der Waals surface area contributed by atoms with Gasteiger partial charge in [0.25, 0.3) is 0 Å². The molecule has 2 aromatic carbocycles. The van der Waals surface area contributed by atoms with Crippen LogP contribution in [0.5, 0.6) is 11.5 Å². The van der Waals surface area contributed by atoms with Crippen LogP contribution in [-0.2, 0) is 6.54 Å². The largest absolute Gasteiger partial charge is 0.457 e. The Morgan fingerprint density at radius 1 is 1.11 bits per heavy atom. The molecule has 0 aliphatic carbocycles. The molecule has 0 aliphatic heterocycles. The predicted molar refractivity (Wildman–Crippen MR) is 75.3 cm³/mol. The maximum Gasteiger partial charge on any atom is 0.131 e. The van der Waals surface area contributed by atoms with Crippen LogP contribution in [0.1, 0.15) is 16.7 Å². The summed E-state index contributed by atoms with van der Waals surface area (Å²) in [6, 6.07) is 11.6. The standard InChI is InChI=1S/C15H16ClNO/c1-10-7-13(8-11(2)15(10)16)18-14-6-4-3-5-12(14)9-17/h3-8H,9,17H2,1-2H3. The highest BCUT2D eigenvalue weighted by molar-refractivity contribution is 6.32. The van der Waals surface area contributed by atoms with Gasteiger partial charge in [-0.2, -0.15) is 0 Å². The fraction of sp³-hybridized carbons (Fsp3) is 0.200. The molecule has 18 heavy (non-hydrogen) atoms. The Labute approximate surface area is 112 Å². The van der Waals surface area contributed by atoms with E-state index in [-0.39, 0.29) is 0 Å². The summed E-state index contributed by atoms with van der Waals surface area (Å²) in [4.78, 5) is 0. The summed E-state index contributed by atoms with van der Waals surface area (Å²) in [7, 11) is 0. The van der Waals surface area contributed by atoms with E-state index in [9.17, 15) is 0 Å². The summed E-state index contributed by atoms with van der Waals surface area (Å²) >= 11 is 6.14. The van der Waals surface area contributed by atoms with Gasteiger partial charge in [0.15, 0.2) is 0 Å². The van der Waals surface area contributed by atoms with Crippen LogP contribution in [0, 0.1) is 13.8 Å². The van der Waals surface area contributed by atoms with E-state index in [2.05, 4.69) is 0 Å². The molecule has 0 radical (unpaired) electrons. The van der Waals surface area contributed by atoms with Gasteiger partial charge in [0.2, 0.25) is 0 Å². The van der Waals surface area contributed by atoms with E-state index in [4.69, 9.17) is 22.1 Å². The minimum absolute atomic E-state index is 0.460. The molecule has 0 unspecified atom stereocenters. The molecule has 0 aromatic heterocycles. The Kier molecular flexibility index (Phi) is 3.90. The first-order valence-electron chi connectivity index (χ1n) is 5.84. The van der Waals surface area contributed by atoms with Crippen molar-refractivity contribution in [3.05, 3.63) is 58.1 Å². The minimum atomic E-state index is 0.460. The third-order valence-electron chi connectivity index (χ3n) is 2.83. The van der Waals surface area contributed by atoms with Gasteiger partial charge in [-0.25, -0.2) is 0 Å². The highest BCUT2D eigenvalue weighted by Crippen LogP contribution is 2.30. The summed E-state index contributed by atoms with van der Waals surface area (Å²) < 4.78 is 5.88. The molecule has 0 amide bonds. The van der Waals surface area contributed by atoms with Crippen LogP contribution < -0.4 is 10.5 Å². The molecular formula is C15H16ClNO. The first-order chi connectivity index (χ1) is 8.61. The van der Waals surface area contributed by atoms with Crippen LogP contribution in [0.4, 0.5) is 0 Å². The summed E-state index contributed by atoms with van der Waals surface area (Å²) in [5, 5.41) is 0.787. The van der Waals surface area contributed by atoms with Crippen molar-refractivity contribution in [3.63, 3.8) is 0 Å². The maximum absolute atomic E-state index is 6.14. The van der Waals surface area contributed by atoms with Crippen LogP contribution in [-0.4, -0.2) is 0 Å². The summed E-state index contributed by atoms with van der Waals surface area (Å²) in [6.07, 6.45) is 0. The second-order valence-corrected chi connectivity index (χ2v) is 4.66. The highest BCUT2D eigenvalue weighted by atomic mass is 35.5. The molecule has 0 saturated heterocycles. The van der Waals surface area contributed by atoms with Gasteiger partial charge in [-0.15, -0.1) is 0 Å². The molecule has 3 heteroatoms. The fourth-order valence-electron chi connectivity index (χ4n) is 1.86. The van der Waals surface area contributed by atoms with Crippen LogP contribution in [0.15, 0.2) is 36.4 Å². The Morgan fingerprint density at radius 3 is 2.33 bits per heavy atom. The quantitative estimate of drug-likeness (QED) is 0.898. The van der Waals surface area contributed by atoms with Crippen LogP contribution >= 0.6 is 11.6 Å². The molecular weight excluding hydrogens is 246 g/mol. The van der Waals surface area contributed by atoms with Gasteiger partial charge in [0.1, 0.15) is 11.5 Å². The van der Waals surface area contributed by atoms with Gasteiger partial charge in [-0.3, -0.25) is 0 Å². The molecule has 2 rings (SSSR count). The van der Waals surface area contributed by atoms with E-state index in [1.54, 1.807) is 0 Å². The van der Waals surface area contributed by atoms with Crippen molar-refractivity contribution < 1.29 is 4.74 Å². The molecule has 0 fully saturated rings. The number of para-hydroxylation sites is 1. The average molecular weight is 262 g/mol. The molecule has 0 atom stereocenters. The second-order valence-electron chi connectivity index (χ2n) is 4.28. The van der Waals surface area contributed by atoms with Gasteiger partial charge >= 0.3 is 0 Å². The number of benzene rings is 2. The third-order valence-corrected chi connectivity index (χ3v) is 3.43. The molecule has 2 nitrogen and oxygen atoms in total. The summed E-state index contributed by atoms with van der Waals surface area (Å²) in [5.74, 6) is 1.58. The molecule has 0 spiro atoms. The Bertz CT molecular complexity index is 543. The number of hydrogen-bond donors (Lipinski definition) is 1. The first kappa shape index (κ1) is 12.9. The van der Waals surface area contributed by atoms with E-state index in [0.29, 0.717) is 6.54 Å². The monoisotopic (exact) mass is 261 g/mol. The number of nitrogens with two attached hydrogens (primary N) is 1. The van der Waals surface area contributed by atoms with Crippen molar-refractivity contribution in [1.82, 2.24) is 0 Å². The van der Waals surface area contributed by atoms with Crippen molar-refractivity contribution in [2.24, 2.45) is 5.73 Å². The number of ether oxygens (including phenoxy) is 1. The highest BCUT2D eigenvalue weighted by Gasteiger charge is 2.06.